The Hall–Kier alpha value is -3.53. The van der Waals surface area contributed by atoms with E-state index in [4.69, 9.17) is 17.0 Å². The van der Waals surface area contributed by atoms with Gasteiger partial charge in [-0.15, -0.1) is 0 Å². The summed E-state index contributed by atoms with van der Waals surface area (Å²) in [7, 11) is 1.31. The number of aromatic hydroxyl groups is 1. The van der Waals surface area contributed by atoms with Crippen LogP contribution in [-0.4, -0.2) is 38.2 Å². The van der Waals surface area contributed by atoms with Crippen molar-refractivity contribution in [2.24, 2.45) is 5.10 Å². The fourth-order valence-corrected chi connectivity index (χ4v) is 2.80. The minimum Gasteiger partial charge on any atom is -0.504 e. The number of phenols is 1. The van der Waals surface area contributed by atoms with Crippen LogP contribution in [0.1, 0.15) is 17.0 Å². The minimum absolute atomic E-state index is 0.0178. The lowest BCUT2D eigenvalue weighted by Gasteiger charge is -2.06. The maximum atomic E-state index is 11.1. The molecule has 0 saturated carbocycles. The highest BCUT2D eigenvalue weighted by atomic mass is 32.1. The van der Waals surface area contributed by atoms with Crippen LogP contribution in [-0.2, 0) is 12.8 Å². The molecule has 0 spiro atoms. The molecule has 0 fully saturated rings. The van der Waals surface area contributed by atoms with Crippen molar-refractivity contribution in [2.45, 2.75) is 12.8 Å². The van der Waals surface area contributed by atoms with Gasteiger partial charge in [0.2, 0.25) is 4.77 Å². The molecule has 1 heterocycles. The van der Waals surface area contributed by atoms with Crippen LogP contribution in [0, 0.1) is 14.9 Å². The zero-order valence-electron chi connectivity index (χ0n) is 14.9. The van der Waals surface area contributed by atoms with E-state index in [1.54, 1.807) is 0 Å². The molecule has 3 aromatic rings. The lowest BCUT2D eigenvalue weighted by atomic mass is 10.1. The van der Waals surface area contributed by atoms with Gasteiger partial charge in [-0.2, -0.15) is 14.9 Å². The third-order valence-corrected chi connectivity index (χ3v) is 4.29. The second kappa shape index (κ2) is 8.44. The van der Waals surface area contributed by atoms with Gasteiger partial charge in [0, 0.05) is 18.1 Å². The molecule has 3 rings (SSSR count). The Labute approximate surface area is 165 Å². The van der Waals surface area contributed by atoms with Crippen molar-refractivity contribution < 1.29 is 14.8 Å². The highest BCUT2D eigenvalue weighted by molar-refractivity contribution is 7.71. The van der Waals surface area contributed by atoms with Crippen molar-refractivity contribution in [3.63, 3.8) is 0 Å². The summed E-state index contributed by atoms with van der Waals surface area (Å²) in [6.45, 7) is 0. The molecular formula is C18H17N5O4S. The number of nitrogens with zero attached hydrogens (tertiary/aromatic N) is 4. The number of nitro benzene ring substituents is 1. The first-order valence-electron chi connectivity index (χ1n) is 8.29. The molecule has 0 amide bonds. The number of hydrogen-bond donors (Lipinski definition) is 2. The van der Waals surface area contributed by atoms with E-state index < -0.39 is 4.92 Å². The molecule has 0 aliphatic rings. The first kappa shape index (κ1) is 19.2. The number of hydrogen-bond acceptors (Lipinski definition) is 7. The van der Waals surface area contributed by atoms with Gasteiger partial charge in [0.05, 0.1) is 24.3 Å². The SMILES string of the molecule is COc1cc([N+](=O)[O-])cc(/C=N\n2c(CCc3ccccc3)n[nH]c2=S)c1O. The zero-order chi connectivity index (χ0) is 20.1. The summed E-state index contributed by atoms with van der Waals surface area (Å²) in [5.41, 5.74) is 1.05. The number of non-ortho nitro benzene ring substituents is 1. The monoisotopic (exact) mass is 399 g/mol. The zero-order valence-corrected chi connectivity index (χ0v) is 15.7. The molecule has 0 saturated heterocycles. The fourth-order valence-electron chi connectivity index (χ4n) is 2.60. The Morgan fingerprint density at radius 3 is 2.79 bits per heavy atom. The van der Waals surface area contributed by atoms with Gasteiger partial charge in [0.1, 0.15) is 0 Å². The molecule has 0 radical (unpaired) electrons. The summed E-state index contributed by atoms with van der Waals surface area (Å²) in [6.07, 6.45) is 2.60. The lowest BCUT2D eigenvalue weighted by molar-refractivity contribution is -0.385. The third kappa shape index (κ3) is 4.23. The molecule has 0 aliphatic heterocycles. The number of rotatable bonds is 7. The predicted molar refractivity (Wildman–Crippen MR) is 106 cm³/mol. The van der Waals surface area contributed by atoms with Gasteiger partial charge in [-0.25, -0.2) is 0 Å². The number of aryl methyl sites for hydroxylation is 2. The number of nitro groups is 1. The number of H-pyrrole nitrogens is 1. The third-order valence-electron chi connectivity index (χ3n) is 4.03. The van der Waals surface area contributed by atoms with E-state index in [0.29, 0.717) is 12.2 Å². The Morgan fingerprint density at radius 1 is 1.36 bits per heavy atom. The van der Waals surface area contributed by atoms with Crippen LogP contribution in [0.4, 0.5) is 5.69 Å². The van der Waals surface area contributed by atoms with Crippen molar-refractivity contribution in [1.82, 2.24) is 14.9 Å². The molecule has 28 heavy (non-hydrogen) atoms. The van der Waals surface area contributed by atoms with Crippen LogP contribution in [0.5, 0.6) is 11.5 Å². The summed E-state index contributed by atoms with van der Waals surface area (Å²) < 4.78 is 6.68. The van der Waals surface area contributed by atoms with Gasteiger partial charge >= 0.3 is 0 Å². The average molecular weight is 399 g/mol. The van der Waals surface area contributed by atoms with Crippen molar-refractivity contribution in [3.05, 3.63) is 74.3 Å². The van der Waals surface area contributed by atoms with Gasteiger partial charge < -0.3 is 9.84 Å². The molecule has 9 nitrogen and oxygen atoms in total. The Kier molecular flexibility index (Phi) is 5.80. The average Bonchev–Trinajstić information content (AvgIpc) is 3.05. The van der Waals surface area contributed by atoms with Gasteiger partial charge in [-0.05, 0) is 24.2 Å². The highest BCUT2D eigenvalue weighted by Crippen LogP contribution is 2.33. The highest BCUT2D eigenvalue weighted by Gasteiger charge is 2.16. The standard InChI is InChI=1S/C18H17N5O4S/c1-27-15-10-14(23(25)26)9-13(17(15)24)11-19-22-16(20-21-18(22)28)8-7-12-5-3-2-4-6-12/h2-6,9-11,24H,7-8H2,1H3,(H,21,28)/b19-11-. The van der Waals surface area contributed by atoms with Gasteiger partial charge in [0.25, 0.3) is 5.69 Å². The minimum atomic E-state index is -0.575. The summed E-state index contributed by atoms with van der Waals surface area (Å²) in [5.74, 6) is 0.329. The maximum absolute atomic E-state index is 11.1. The van der Waals surface area contributed by atoms with Crippen molar-refractivity contribution in [1.29, 1.82) is 0 Å². The molecule has 10 heteroatoms. The van der Waals surface area contributed by atoms with Crippen molar-refractivity contribution >= 4 is 24.1 Å². The second-order valence-electron chi connectivity index (χ2n) is 5.83. The number of methoxy groups -OCH3 is 1. The number of benzene rings is 2. The van der Waals surface area contributed by atoms with E-state index in [1.165, 1.54) is 24.1 Å². The van der Waals surface area contributed by atoms with E-state index in [-0.39, 0.29) is 27.5 Å². The number of phenolic OH excluding ortho intramolecular Hbond substituents is 1. The normalized spacial score (nSPS) is 11.0. The first-order chi connectivity index (χ1) is 13.5. The molecule has 2 N–H and O–H groups in total. The topological polar surface area (TPSA) is 119 Å². The largest absolute Gasteiger partial charge is 0.504 e. The number of aromatic amines is 1. The molecule has 1 aromatic heterocycles. The molecule has 144 valence electrons. The van der Waals surface area contributed by atoms with Crippen molar-refractivity contribution in [2.75, 3.05) is 7.11 Å². The van der Waals surface area contributed by atoms with E-state index in [0.717, 1.165) is 18.1 Å². The van der Waals surface area contributed by atoms with Crippen LogP contribution in [0.2, 0.25) is 0 Å². The number of nitrogens with one attached hydrogen (secondary N) is 1. The molecule has 0 atom stereocenters. The summed E-state index contributed by atoms with van der Waals surface area (Å²) in [5, 5.41) is 32.4. The Bertz CT molecular complexity index is 1080. The summed E-state index contributed by atoms with van der Waals surface area (Å²) >= 11 is 5.20. The smallest absolute Gasteiger partial charge is 0.274 e. The molecule has 0 bridgehead atoms. The molecule has 2 aromatic carbocycles. The Morgan fingerprint density at radius 2 is 2.11 bits per heavy atom. The van der Waals surface area contributed by atoms with E-state index in [1.807, 2.05) is 30.3 Å². The van der Waals surface area contributed by atoms with Crippen LogP contribution >= 0.6 is 12.2 Å². The first-order valence-corrected chi connectivity index (χ1v) is 8.70. The summed E-state index contributed by atoms with van der Waals surface area (Å²) in [4.78, 5) is 10.5. The maximum Gasteiger partial charge on any atom is 0.274 e. The molecule has 0 unspecified atom stereocenters. The van der Waals surface area contributed by atoms with Crippen molar-refractivity contribution in [3.8, 4) is 11.5 Å². The van der Waals surface area contributed by atoms with Crippen LogP contribution in [0.15, 0.2) is 47.6 Å². The quantitative estimate of drug-likeness (QED) is 0.272. The number of ether oxygens (including phenoxy) is 1. The predicted octanol–water partition coefficient (Wildman–Crippen LogP) is 3.23. The second-order valence-corrected chi connectivity index (χ2v) is 6.22. The summed E-state index contributed by atoms with van der Waals surface area (Å²) in [6, 6.07) is 12.2. The molecule has 0 aliphatic carbocycles. The van der Waals surface area contributed by atoms with E-state index >= 15 is 0 Å². The number of aromatic nitrogens is 3. The van der Waals surface area contributed by atoms with E-state index in [2.05, 4.69) is 15.3 Å². The van der Waals surface area contributed by atoms with Gasteiger partial charge in [0.15, 0.2) is 17.3 Å². The van der Waals surface area contributed by atoms with Crippen LogP contribution in [0.3, 0.4) is 0 Å². The van der Waals surface area contributed by atoms with Gasteiger partial charge in [-0.3, -0.25) is 15.2 Å². The lowest BCUT2D eigenvalue weighted by Crippen LogP contribution is -2.02. The van der Waals surface area contributed by atoms with E-state index in [9.17, 15) is 15.2 Å². The van der Waals surface area contributed by atoms with Crippen LogP contribution < -0.4 is 4.74 Å². The Balaban J connectivity index is 1.89. The fraction of sp³-hybridized carbons (Fsp3) is 0.167. The molecular weight excluding hydrogens is 382 g/mol. The van der Waals surface area contributed by atoms with Gasteiger partial charge in [-0.1, -0.05) is 30.3 Å². The van der Waals surface area contributed by atoms with Crippen LogP contribution in [0.25, 0.3) is 0 Å².